The summed E-state index contributed by atoms with van der Waals surface area (Å²) in [6.45, 7) is 4.81. The Morgan fingerprint density at radius 3 is 2.89 bits per heavy atom. The molecule has 98 valence electrons. The summed E-state index contributed by atoms with van der Waals surface area (Å²) in [5, 5.41) is 0.853. The zero-order chi connectivity index (χ0) is 12.5. The molecular formula is C11H14BrN3O2S. The predicted octanol–water partition coefficient (Wildman–Crippen LogP) is 0.944. The summed E-state index contributed by atoms with van der Waals surface area (Å²) in [5.41, 5.74) is 0.899. The van der Waals surface area contributed by atoms with Crippen LogP contribution in [-0.2, 0) is 17.8 Å². The lowest BCUT2D eigenvalue weighted by atomic mass is 10.3. The van der Waals surface area contributed by atoms with Crippen molar-refractivity contribution < 1.29 is 4.74 Å². The molecule has 2 aliphatic heterocycles. The first-order chi connectivity index (χ1) is 8.75. The fourth-order valence-corrected chi connectivity index (χ4v) is 3.55. The molecule has 0 atom stereocenters. The minimum atomic E-state index is 0.0493. The van der Waals surface area contributed by atoms with Crippen LogP contribution in [0.15, 0.2) is 14.4 Å². The second-order valence-corrected chi connectivity index (χ2v) is 6.20. The summed E-state index contributed by atoms with van der Waals surface area (Å²) in [6, 6.07) is 0. The van der Waals surface area contributed by atoms with Crippen LogP contribution in [0, 0.1) is 0 Å². The Morgan fingerprint density at radius 2 is 2.11 bits per heavy atom. The molecule has 1 saturated heterocycles. The molecule has 0 saturated carbocycles. The van der Waals surface area contributed by atoms with Crippen LogP contribution >= 0.6 is 27.7 Å². The van der Waals surface area contributed by atoms with E-state index in [1.165, 1.54) is 0 Å². The highest BCUT2D eigenvalue weighted by atomic mass is 79.9. The van der Waals surface area contributed by atoms with Gasteiger partial charge in [-0.2, -0.15) is 0 Å². The molecular weight excluding hydrogens is 318 g/mol. The normalized spacial score (nSPS) is 20.1. The number of rotatable bonds is 2. The Kier molecular flexibility index (Phi) is 3.74. The van der Waals surface area contributed by atoms with Gasteiger partial charge in [-0.15, -0.1) is 0 Å². The molecule has 1 fully saturated rings. The van der Waals surface area contributed by atoms with Gasteiger partial charge in [-0.3, -0.25) is 14.3 Å². The molecule has 1 aromatic heterocycles. The van der Waals surface area contributed by atoms with E-state index in [1.54, 1.807) is 16.3 Å². The number of thioether (sulfide) groups is 1. The van der Waals surface area contributed by atoms with Gasteiger partial charge in [0.05, 0.1) is 18.9 Å². The summed E-state index contributed by atoms with van der Waals surface area (Å²) in [7, 11) is 0. The van der Waals surface area contributed by atoms with Gasteiger partial charge in [-0.1, -0.05) is 11.8 Å². The van der Waals surface area contributed by atoms with Crippen LogP contribution in [0.25, 0.3) is 0 Å². The first-order valence-electron chi connectivity index (χ1n) is 5.98. The number of nitrogens with zero attached hydrogens (tertiary/aromatic N) is 3. The van der Waals surface area contributed by atoms with Gasteiger partial charge in [-0.05, 0) is 15.9 Å². The minimum Gasteiger partial charge on any atom is -0.379 e. The van der Waals surface area contributed by atoms with E-state index in [9.17, 15) is 4.79 Å². The Balaban J connectivity index is 1.88. The maximum atomic E-state index is 12.1. The van der Waals surface area contributed by atoms with E-state index in [4.69, 9.17) is 4.74 Å². The summed E-state index contributed by atoms with van der Waals surface area (Å²) in [5.74, 6) is 0.940. The van der Waals surface area contributed by atoms with Crippen LogP contribution in [0.3, 0.4) is 0 Å². The molecule has 5 nitrogen and oxygen atoms in total. The van der Waals surface area contributed by atoms with Crippen LogP contribution in [-0.4, -0.2) is 46.5 Å². The lowest BCUT2D eigenvalue weighted by Crippen LogP contribution is -2.36. The van der Waals surface area contributed by atoms with Crippen molar-refractivity contribution in [2.75, 3.05) is 32.1 Å². The van der Waals surface area contributed by atoms with E-state index in [0.29, 0.717) is 11.0 Å². The number of aromatic nitrogens is 2. The fourth-order valence-electron chi connectivity index (χ4n) is 2.17. The van der Waals surface area contributed by atoms with Gasteiger partial charge >= 0.3 is 0 Å². The van der Waals surface area contributed by atoms with Crippen molar-refractivity contribution >= 4 is 27.7 Å². The second kappa shape index (κ2) is 5.32. The van der Waals surface area contributed by atoms with Crippen molar-refractivity contribution in [3.8, 4) is 0 Å². The molecule has 0 bridgehead atoms. The minimum absolute atomic E-state index is 0.0493. The lowest BCUT2D eigenvalue weighted by Gasteiger charge is -2.26. The zero-order valence-corrected chi connectivity index (χ0v) is 12.3. The highest BCUT2D eigenvalue weighted by molar-refractivity contribution is 9.10. The third kappa shape index (κ3) is 2.36. The first kappa shape index (κ1) is 12.7. The highest BCUT2D eigenvalue weighted by Gasteiger charge is 2.21. The number of fused-ring (bicyclic) bond motifs is 1. The fraction of sp³-hybridized carbons (Fsp3) is 0.636. The molecule has 1 aromatic rings. The quantitative estimate of drug-likeness (QED) is 0.755. The number of halogens is 1. The van der Waals surface area contributed by atoms with Gasteiger partial charge in [0.2, 0.25) is 0 Å². The third-order valence-corrected chi connectivity index (χ3v) is 4.92. The molecule has 0 aromatic carbocycles. The van der Waals surface area contributed by atoms with Gasteiger partial charge in [-0.25, -0.2) is 4.98 Å². The smallest absolute Gasteiger partial charge is 0.268 e. The number of hydrogen-bond donors (Lipinski definition) is 0. The van der Waals surface area contributed by atoms with Crippen molar-refractivity contribution in [3.05, 3.63) is 20.5 Å². The molecule has 0 unspecified atom stereocenters. The Morgan fingerprint density at radius 1 is 1.33 bits per heavy atom. The van der Waals surface area contributed by atoms with E-state index < -0.39 is 0 Å². The van der Waals surface area contributed by atoms with Crippen molar-refractivity contribution in [3.63, 3.8) is 0 Å². The van der Waals surface area contributed by atoms with Gasteiger partial charge in [0.25, 0.3) is 5.56 Å². The van der Waals surface area contributed by atoms with Gasteiger partial charge < -0.3 is 4.74 Å². The highest BCUT2D eigenvalue weighted by Crippen LogP contribution is 2.24. The van der Waals surface area contributed by atoms with Crippen LogP contribution in [0.1, 0.15) is 5.69 Å². The van der Waals surface area contributed by atoms with E-state index in [2.05, 4.69) is 25.8 Å². The molecule has 0 amide bonds. The van der Waals surface area contributed by atoms with Crippen molar-refractivity contribution in [2.24, 2.45) is 0 Å². The molecule has 18 heavy (non-hydrogen) atoms. The molecule has 0 radical (unpaired) electrons. The molecule has 3 heterocycles. The maximum absolute atomic E-state index is 12.1. The first-order valence-corrected chi connectivity index (χ1v) is 7.75. The number of ether oxygens (including phenoxy) is 1. The Hall–Kier alpha value is -0.370. The predicted molar refractivity (Wildman–Crippen MR) is 73.0 cm³/mol. The van der Waals surface area contributed by atoms with Crippen LogP contribution in [0.4, 0.5) is 0 Å². The number of hydrogen-bond acceptors (Lipinski definition) is 5. The third-order valence-electron chi connectivity index (χ3n) is 3.17. The summed E-state index contributed by atoms with van der Waals surface area (Å²) in [6.07, 6.45) is 0. The van der Waals surface area contributed by atoms with E-state index >= 15 is 0 Å². The molecule has 0 aliphatic carbocycles. The average Bonchev–Trinajstić information content (AvgIpc) is 2.85. The summed E-state index contributed by atoms with van der Waals surface area (Å²) >= 11 is 5.05. The molecule has 0 spiro atoms. The van der Waals surface area contributed by atoms with Crippen LogP contribution < -0.4 is 5.56 Å². The van der Waals surface area contributed by atoms with Crippen LogP contribution in [0.2, 0.25) is 0 Å². The molecule has 2 aliphatic rings. The monoisotopic (exact) mass is 331 g/mol. The Labute approximate surface area is 118 Å². The Bertz CT molecular complexity index is 514. The van der Waals surface area contributed by atoms with Crippen molar-refractivity contribution in [1.29, 1.82) is 0 Å². The molecule has 0 N–H and O–H groups in total. The zero-order valence-electron chi connectivity index (χ0n) is 9.89. The maximum Gasteiger partial charge on any atom is 0.268 e. The SMILES string of the molecule is O=c1c(Br)c(CN2CCOCC2)nc2n1CCS2. The van der Waals surface area contributed by atoms with Gasteiger partial charge in [0.15, 0.2) is 5.16 Å². The van der Waals surface area contributed by atoms with Gasteiger partial charge in [0.1, 0.15) is 4.47 Å². The van der Waals surface area contributed by atoms with Gasteiger partial charge in [0, 0.05) is 31.9 Å². The van der Waals surface area contributed by atoms with Crippen molar-refractivity contribution in [1.82, 2.24) is 14.5 Å². The summed E-state index contributed by atoms with van der Waals surface area (Å²) in [4.78, 5) is 19.0. The molecule has 7 heteroatoms. The second-order valence-electron chi connectivity index (χ2n) is 4.35. The van der Waals surface area contributed by atoms with E-state index in [0.717, 1.165) is 49.5 Å². The van der Waals surface area contributed by atoms with E-state index in [-0.39, 0.29) is 5.56 Å². The van der Waals surface area contributed by atoms with E-state index in [1.807, 2.05) is 0 Å². The largest absolute Gasteiger partial charge is 0.379 e. The lowest BCUT2D eigenvalue weighted by molar-refractivity contribution is 0.0334. The topological polar surface area (TPSA) is 47.4 Å². The number of morpholine rings is 1. The molecule has 3 rings (SSSR count). The van der Waals surface area contributed by atoms with Crippen LogP contribution in [0.5, 0.6) is 0 Å². The average molecular weight is 332 g/mol. The standard InChI is InChI=1S/C11H14BrN3O2S/c12-9-8(7-14-1-4-17-5-2-14)13-11-15(10(9)16)3-6-18-11/h1-7H2. The summed E-state index contributed by atoms with van der Waals surface area (Å²) < 4.78 is 7.68. The van der Waals surface area contributed by atoms with Crippen molar-refractivity contribution in [2.45, 2.75) is 18.2 Å².